The lowest BCUT2D eigenvalue weighted by atomic mass is 10.2. The smallest absolute Gasteiger partial charge is 0.0439 e. The molecular formula is C13H21NOS. The number of benzene rings is 1. The van der Waals surface area contributed by atoms with E-state index in [0.29, 0.717) is 6.04 Å². The number of aliphatic hydroxyl groups is 1. The lowest BCUT2D eigenvalue weighted by Gasteiger charge is -2.12. The topological polar surface area (TPSA) is 32.3 Å². The summed E-state index contributed by atoms with van der Waals surface area (Å²) < 4.78 is 0. The van der Waals surface area contributed by atoms with Crippen molar-refractivity contribution < 1.29 is 5.11 Å². The Bertz CT molecular complexity index is 302. The van der Waals surface area contributed by atoms with Gasteiger partial charge < -0.3 is 10.4 Å². The van der Waals surface area contributed by atoms with Crippen LogP contribution in [0.4, 0.5) is 0 Å². The Labute approximate surface area is 102 Å². The SMILES string of the molecule is CC(C)NCc1ccccc1SCCCO. The van der Waals surface area contributed by atoms with Gasteiger partial charge in [-0.1, -0.05) is 32.0 Å². The first kappa shape index (κ1) is 13.6. The van der Waals surface area contributed by atoms with Crippen LogP contribution in [0, 0.1) is 0 Å². The Morgan fingerprint density at radius 3 is 2.75 bits per heavy atom. The molecule has 2 nitrogen and oxygen atoms in total. The maximum absolute atomic E-state index is 8.76. The lowest BCUT2D eigenvalue weighted by molar-refractivity contribution is 0.296. The van der Waals surface area contributed by atoms with E-state index >= 15 is 0 Å². The van der Waals surface area contributed by atoms with Crippen molar-refractivity contribution in [2.75, 3.05) is 12.4 Å². The van der Waals surface area contributed by atoms with Crippen molar-refractivity contribution in [2.45, 2.75) is 37.8 Å². The fourth-order valence-corrected chi connectivity index (χ4v) is 2.35. The van der Waals surface area contributed by atoms with Gasteiger partial charge in [0.1, 0.15) is 0 Å². The Balaban J connectivity index is 2.53. The number of hydrogen-bond donors (Lipinski definition) is 2. The van der Waals surface area contributed by atoms with Crippen molar-refractivity contribution in [1.82, 2.24) is 5.32 Å². The monoisotopic (exact) mass is 239 g/mol. The summed E-state index contributed by atoms with van der Waals surface area (Å²) in [6, 6.07) is 8.97. The molecule has 90 valence electrons. The predicted molar refractivity (Wildman–Crippen MR) is 70.8 cm³/mol. The molecule has 1 aromatic rings. The van der Waals surface area contributed by atoms with Gasteiger partial charge in [0.2, 0.25) is 0 Å². The number of aliphatic hydroxyl groups excluding tert-OH is 1. The number of rotatable bonds is 7. The summed E-state index contributed by atoms with van der Waals surface area (Å²) in [6.07, 6.45) is 0.858. The zero-order valence-electron chi connectivity index (χ0n) is 10.1. The van der Waals surface area contributed by atoms with Crippen LogP contribution < -0.4 is 5.32 Å². The molecule has 0 aromatic heterocycles. The maximum Gasteiger partial charge on any atom is 0.0439 e. The summed E-state index contributed by atoms with van der Waals surface area (Å²) in [7, 11) is 0. The predicted octanol–water partition coefficient (Wildman–Crippen LogP) is 2.66. The van der Waals surface area contributed by atoms with Crippen molar-refractivity contribution in [3.63, 3.8) is 0 Å². The fourth-order valence-electron chi connectivity index (χ4n) is 1.35. The molecule has 0 saturated carbocycles. The third kappa shape index (κ3) is 5.01. The van der Waals surface area contributed by atoms with E-state index in [1.54, 1.807) is 0 Å². The van der Waals surface area contributed by atoms with E-state index in [2.05, 4.69) is 43.4 Å². The summed E-state index contributed by atoms with van der Waals surface area (Å²) in [5.41, 5.74) is 1.35. The molecular weight excluding hydrogens is 218 g/mol. The Kier molecular flexibility index (Phi) is 6.53. The first-order chi connectivity index (χ1) is 7.74. The van der Waals surface area contributed by atoms with Crippen molar-refractivity contribution in [3.8, 4) is 0 Å². The Hall–Kier alpha value is -0.510. The molecule has 0 radical (unpaired) electrons. The average molecular weight is 239 g/mol. The van der Waals surface area contributed by atoms with Crippen LogP contribution in [0.25, 0.3) is 0 Å². The number of thioether (sulfide) groups is 1. The minimum Gasteiger partial charge on any atom is -0.396 e. The molecule has 16 heavy (non-hydrogen) atoms. The van der Waals surface area contributed by atoms with Crippen LogP contribution in [0.15, 0.2) is 29.2 Å². The van der Waals surface area contributed by atoms with Crippen molar-refractivity contribution in [3.05, 3.63) is 29.8 Å². The molecule has 0 spiro atoms. The van der Waals surface area contributed by atoms with Gasteiger partial charge in [0, 0.05) is 29.8 Å². The number of hydrogen-bond acceptors (Lipinski definition) is 3. The van der Waals surface area contributed by atoms with Gasteiger partial charge in [0.05, 0.1) is 0 Å². The first-order valence-corrected chi connectivity index (χ1v) is 6.77. The molecule has 0 fully saturated rings. The highest BCUT2D eigenvalue weighted by atomic mass is 32.2. The van der Waals surface area contributed by atoms with Crippen LogP contribution in [0.2, 0.25) is 0 Å². The van der Waals surface area contributed by atoms with Gasteiger partial charge in [-0.15, -0.1) is 11.8 Å². The summed E-state index contributed by atoms with van der Waals surface area (Å²) in [5.74, 6) is 0.981. The molecule has 0 atom stereocenters. The second-order valence-corrected chi connectivity index (χ2v) is 5.21. The minimum absolute atomic E-state index is 0.277. The fraction of sp³-hybridized carbons (Fsp3) is 0.538. The van der Waals surface area contributed by atoms with Crippen LogP contribution in [0.1, 0.15) is 25.8 Å². The first-order valence-electron chi connectivity index (χ1n) is 5.79. The van der Waals surface area contributed by atoms with Gasteiger partial charge in [-0.3, -0.25) is 0 Å². The van der Waals surface area contributed by atoms with E-state index in [0.717, 1.165) is 18.7 Å². The van der Waals surface area contributed by atoms with E-state index in [1.807, 2.05) is 11.8 Å². The average Bonchev–Trinajstić information content (AvgIpc) is 2.28. The van der Waals surface area contributed by atoms with Gasteiger partial charge in [-0.05, 0) is 18.1 Å². The highest BCUT2D eigenvalue weighted by Crippen LogP contribution is 2.23. The highest BCUT2D eigenvalue weighted by molar-refractivity contribution is 7.99. The van der Waals surface area contributed by atoms with Gasteiger partial charge >= 0.3 is 0 Å². The summed E-state index contributed by atoms with van der Waals surface area (Å²) in [4.78, 5) is 1.32. The second kappa shape index (κ2) is 7.71. The van der Waals surface area contributed by atoms with Crippen LogP contribution in [-0.4, -0.2) is 23.5 Å². The molecule has 0 bridgehead atoms. The van der Waals surface area contributed by atoms with Crippen LogP contribution >= 0.6 is 11.8 Å². The van der Waals surface area contributed by atoms with Crippen LogP contribution in [-0.2, 0) is 6.54 Å². The summed E-state index contributed by atoms with van der Waals surface area (Å²) in [5, 5.41) is 12.2. The van der Waals surface area contributed by atoms with Gasteiger partial charge in [0.15, 0.2) is 0 Å². The van der Waals surface area contributed by atoms with E-state index in [4.69, 9.17) is 5.11 Å². The van der Waals surface area contributed by atoms with Crippen molar-refractivity contribution in [1.29, 1.82) is 0 Å². The summed E-state index contributed by atoms with van der Waals surface area (Å²) >= 11 is 1.82. The van der Waals surface area contributed by atoms with Crippen LogP contribution in [0.3, 0.4) is 0 Å². The van der Waals surface area contributed by atoms with Gasteiger partial charge in [-0.2, -0.15) is 0 Å². The van der Waals surface area contributed by atoms with Crippen molar-refractivity contribution in [2.24, 2.45) is 0 Å². The van der Waals surface area contributed by atoms with Crippen LogP contribution in [0.5, 0.6) is 0 Å². The van der Waals surface area contributed by atoms with Gasteiger partial charge in [-0.25, -0.2) is 0 Å². The molecule has 1 rings (SSSR count). The Morgan fingerprint density at radius 2 is 2.06 bits per heavy atom. The zero-order chi connectivity index (χ0) is 11.8. The Morgan fingerprint density at radius 1 is 1.31 bits per heavy atom. The number of nitrogens with one attached hydrogen (secondary N) is 1. The van der Waals surface area contributed by atoms with E-state index < -0.39 is 0 Å². The normalized spacial score (nSPS) is 11.0. The molecule has 0 heterocycles. The molecule has 0 unspecified atom stereocenters. The molecule has 0 saturated heterocycles. The second-order valence-electron chi connectivity index (χ2n) is 4.07. The highest BCUT2D eigenvalue weighted by Gasteiger charge is 2.02. The van der Waals surface area contributed by atoms with Gasteiger partial charge in [0.25, 0.3) is 0 Å². The molecule has 0 aliphatic heterocycles. The standard InChI is InChI=1S/C13H21NOS/c1-11(2)14-10-12-6-3-4-7-13(12)16-9-5-8-15/h3-4,6-7,11,14-15H,5,8-10H2,1-2H3. The van der Waals surface area contributed by atoms with E-state index in [1.165, 1.54) is 10.5 Å². The zero-order valence-corrected chi connectivity index (χ0v) is 10.9. The lowest BCUT2D eigenvalue weighted by Crippen LogP contribution is -2.22. The van der Waals surface area contributed by atoms with E-state index in [-0.39, 0.29) is 6.61 Å². The molecule has 0 amide bonds. The quantitative estimate of drug-likeness (QED) is 0.567. The molecule has 0 aliphatic carbocycles. The van der Waals surface area contributed by atoms with E-state index in [9.17, 15) is 0 Å². The largest absolute Gasteiger partial charge is 0.396 e. The molecule has 2 N–H and O–H groups in total. The third-order valence-electron chi connectivity index (χ3n) is 2.23. The minimum atomic E-state index is 0.277. The summed E-state index contributed by atoms with van der Waals surface area (Å²) in [6.45, 7) is 5.50. The molecule has 3 heteroatoms. The third-order valence-corrected chi connectivity index (χ3v) is 3.44. The van der Waals surface area contributed by atoms with Crippen molar-refractivity contribution >= 4 is 11.8 Å². The molecule has 0 aliphatic rings. The molecule has 1 aromatic carbocycles. The maximum atomic E-state index is 8.76.